The third-order valence-corrected chi connectivity index (χ3v) is 4.33. The maximum atomic E-state index is 5.44. The van der Waals surface area contributed by atoms with Gasteiger partial charge < -0.3 is 10.1 Å². The van der Waals surface area contributed by atoms with Crippen LogP contribution >= 0.6 is 15.9 Å². The van der Waals surface area contributed by atoms with Crippen LogP contribution in [0.4, 0.5) is 0 Å². The van der Waals surface area contributed by atoms with Gasteiger partial charge in [-0.2, -0.15) is 0 Å². The smallest absolute Gasteiger partial charge is 0.136 e. The molecule has 0 bridgehead atoms. The van der Waals surface area contributed by atoms with Gasteiger partial charge in [-0.05, 0) is 59.8 Å². The van der Waals surface area contributed by atoms with Crippen LogP contribution in [0.1, 0.15) is 30.4 Å². The summed E-state index contributed by atoms with van der Waals surface area (Å²) in [5.74, 6) is 0.971. The number of piperidine rings is 1. The quantitative estimate of drug-likeness (QED) is 0.923. The van der Waals surface area contributed by atoms with Crippen LogP contribution < -0.4 is 10.1 Å². The van der Waals surface area contributed by atoms with Crippen LogP contribution in [0.25, 0.3) is 0 Å². The minimum absolute atomic E-state index is 0.618. The Morgan fingerprint density at radius 1 is 1.41 bits per heavy atom. The molecule has 0 saturated carbocycles. The predicted molar refractivity (Wildman–Crippen MR) is 74.8 cm³/mol. The van der Waals surface area contributed by atoms with E-state index in [1.807, 2.05) is 0 Å². The summed E-state index contributed by atoms with van der Waals surface area (Å²) in [5.41, 5.74) is 2.52. The van der Waals surface area contributed by atoms with Crippen LogP contribution in [-0.2, 0) is 6.42 Å². The number of ether oxygens (including phenoxy) is 1. The van der Waals surface area contributed by atoms with Crippen molar-refractivity contribution in [2.75, 3.05) is 13.7 Å². The van der Waals surface area contributed by atoms with E-state index in [1.165, 1.54) is 30.4 Å². The zero-order chi connectivity index (χ0) is 12.3. The van der Waals surface area contributed by atoms with Gasteiger partial charge >= 0.3 is 0 Å². The molecule has 1 fully saturated rings. The first-order chi connectivity index (χ1) is 8.22. The Kier molecular flexibility index (Phi) is 4.46. The molecule has 2 nitrogen and oxygen atoms in total. The Bertz CT molecular complexity index is 386. The number of hydrogen-bond acceptors (Lipinski definition) is 2. The Balaban J connectivity index is 2.15. The fourth-order valence-corrected chi connectivity index (χ4v) is 3.23. The first-order valence-corrected chi connectivity index (χ1v) is 7.07. The number of aryl methyl sites for hydroxylation is 1. The van der Waals surface area contributed by atoms with Crippen molar-refractivity contribution in [2.24, 2.45) is 0 Å². The molecule has 2 rings (SSSR count). The lowest BCUT2D eigenvalue weighted by molar-refractivity contribution is 0.394. The number of halogens is 1. The second-order valence-corrected chi connectivity index (χ2v) is 5.53. The zero-order valence-corrected chi connectivity index (χ0v) is 12.1. The Morgan fingerprint density at radius 3 is 2.88 bits per heavy atom. The van der Waals surface area contributed by atoms with Gasteiger partial charge in [-0.25, -0.2) is 0 Å². The molecule has 94 valence electrons. The lowest BCUT2D eigenvalue weighted by Crippen LogP contribution is -2.35. The first-order valence-electron chi connectivity index (χ1n) is 6.27. The van der Waals surface area contributed by atoms with Gasteiger partial charge in [0.2, 0.25) is 0 Å². The summed E-state index contributed by atoms with van der Waals surface area (Å²) < 4.78 is 6.56. The van der Waals surface area contributed by atoms with Gasteiger partial charge in [0.05, 0.1) is 11.6 Å². The highest BCUT2D eigenvalue weighted by molar-refractivity contribution is 9.10. The van der Waals surface area contributed by atoms with Gasteiger partial charge in [-0.1, -0.05) is 18.6 Å². The second-order valence-electron chi connectivity index (χ2n) is 4.74. The Hall–Kier alpha value is -0.540. The molecule has 1 aliphatic heterocycles. The minimum atomic E-state index is 0.618. The van der Waals surface area contributed by atoms with Crippen molar-refractivity contribution >= 4 is 15.9 Å². The maximum Gasteiger partial charge on any atom is 0.136 e. The summed E-state index contributed by atoms with van der Waals surface area (Å²) in [4.78, 5) is 0. The molecule has 1 atom stereocenters. The minimum Gasteiger partial charge on any atom is -0.495 e. The van der Waals surface area contributed by atoms with Gasteiger partial charge in [-0.3, -0.25) is 0 Å². The molecule has 0 aromatic heterocycles. The molecule has 0 amide bonds. The number of benzene rings is 1. The summed E-state index contributed by atoms with van der Waals surface area (Å²) >= 11 is 3.67. The topological polar surface area (TPSA) is 21.3 Å². The molecule has 17 heavy (non-hydrogen) atoms. The predicted octanol–water partition coefficient (Wildman–Crippen LogP) is 3.45. The first kappa shape index (κ1) is 12.9. The van der Waals surface area contributed by atoms with E-state index in [1.54, 1.807) is 7.11 Å². The summed E-state index contributed by atoms with van der Waals surface area (Å²) in [7, 11) is 1.73. The highest BCUT2D eigenvalue weighted by atomic mass is 79.9. The molecule has 1 aromatic carbocycles. The van der Waals surface area contributed by atoms with E-state index >= 15 is 0 Å². The highest BCUT2D eigenvalue weighted by Gasteiger charge is 2.16. The van der Waals surface area contributed by atoms with Crippen LogP contribution in [0.15, 0.2) is 16.6 Å². The van der Waals surface area contributed by atoms with Crippen LogP contribution in [0.2, 0.25) is 0 Å². The fourth-order valence-electron chi connectivity index (χ4n) is 2.47. The van der Waals surface area contributed by atoms with E-state index in [9.17, 15) is 0 Å². The molecule has 1 aliphatic rings. The number of nitrogens with one attached hydrogen (secondary N) is 1. The van der Waals surface area contributed by atoms with E-state index in [0.29, 0.717) is 6.04 Å². The van der Waals surface area contributed by atoms with Crippen molar-refractivity contribution < 1.29 is 4.74 Å². The van der Waals surface area contributed by atoms with Crippen molar-refractivity contribution in [1.29, 1.82) is 0 Å². The van der Waals surface area contributed by atoms with Crippen LogP contribution in [0.5, 0.6) is 5.75 Å². The average Bonchev–Trinajstić information content (AvgIpc) is 2.35. The monoisotopic (exact) mass is 297 g/mol. The lowest BCUT2D eigenvalue weighted by Gasteiger charge is -2.24. The molecule has 3 heteroatoms. The molecule has 1 heterocycles. The maximum absolute atomic E-state index is 5.44. The van der Waals surface area contributed by atoms with Crippen LogP contribution in [0.3, 0.4) is 0 Å². The van der Waals surface area contributed by atoms with Crippen molar-refractivity contribution in [3.05, 3.63) is 27.7 Å². The molecule has 1 N–H and O–H groups in total. The van der Waals surface area contributed by atoms with E-state index < -0.39 is 0 Å². The van der Waals surface area contributed by atoms with Crippen LogP contribution in [-0.4, -0.2) is 19.7 Å². The SMILES string of the molecule is COc1c(C)ccc(CC2CCCCN2)c1Br. The van der Waals surface area contributed by atoms with Crippen molar-refractivity contribution in [2.45, 2.75) is 38.6 Å². The third-order valence-electron chi connectivity index (χ3n) is 3.46. The molecule has 1 saturated heterocycles. The van der Waals surface area contributed by atoms with Gasteiger partial charge in [0, 0.05) is 6.04 Å². The lowest BCUT2D eigenvalue weighted by atomic mass is 9.97. The summed E-state index contributed by atoms with van der Waals surface area (Å²) in [5, 5.41) is 3.59. The Morgan fingerprint density at radius 2 is 2.24 bits per heavy atom. The largest absolute Gasteiger partial charge is 0.495 e. The highest BCUT2D eigenvalue weighted by Crippen LogP contribution is 2.33. The van der Waals surface area contributed by atoms with E-state index in [4.69, 9.17) is 4.74 Å². The Labute approximate surface area is 112 Å². The number of hydrogen-bond donors (Lipinski definition) is 1. The van der Waals surface area contributed by atoms with Gasteiger partial charge in [0.15, 0.2) is 0 Å². The molecule has 1 aromatic rings. The van der Waals surface area contributed by atoms with Crippen LogP contribution in [0, 0.1) is 6.92 Å². The van der Waals surface area contributed by atoms with Gasteiger partial charge in [0.1, 0.15) is 5.75 Å². The third kappa shape index (κ3) is 3.02. The molecular formula is C14H20BrNO. The van der Waals surface area contributed by atoms with Crippen molar-refractivity contribution in [3.63, 3.8) is 0 Å². The molecule has 0 spiro atoms. The summed E-state index contributed by atoms with van der Waals surface area (Å²) in [6.45, 7) is 3.23. The average molecular weight is 298 g/mol. The number of methoxy groups -OCH3 is 1. The normalized spacial score (nSPS) is 20.3. The zero-order valence-electron chi connectivity index (χ0n) is 10.6. The standard InChI is InChI=1S/C14H20BrNO/c1-10-6-7-11(13(15)14(10)17-2)9-12-5-3-4-8-16-12/h6-7,12,16H,3-5,8-9H2,1-2H3. The van der Waals surface area contributed by atoms with Gasteiger partial charge in [0.25, 0.3) is 0 Å². The molecule has 1 unspecified atom stereocenters. The molecule has 0 radical (unpaired) electrons. The van der Waals surface area contributed by atoms with E-state index in [2.05, 4.69) is 40.3 Å². The second kappa shape index (κ2) is 5.87. The summed E-state index contributed by atoms with van der Waals surface area (Å²) in [6, 6.07) is 4.97. The van der Waals surface area contributed by atoms with Gasteiger partial charge in [-0.15, -0.1) is 0 Å². The van der Waals surface area contributed by atoms with Crippen molar-refractivity contribution in [3.8, 4) is 5.75 Å². The van der Waals surface area contributed by atoms with E-state index in [-0.39, 0.29) is 0 Å². The van der Waals surface area contributed by atoms with Crippen molar-refractivity contribution in [1.82, 2.24) is 5.32 Å². The number of rotatable bonds is 3. The molecule has 0 aliphatic carbocycles. The molecular weight excluding hydrogens is 278 g/mol. The van der Waals surface area contributed by atoms with E-state index in [0.717, 1.165) is 23.2 Å². The summed E-state index contributed by atoms with van der Waals surface area (Å²) in [6.07, 6.45) is 5.02. The fraction of sp³-hybridized carbons (Fsp3) is 0.571.